The second kappa shape index (κ2) is 7.43. The Balaban J connectivity index is 1.93. The van der Waals surface area contributed by atoms with Crippen LogP contribution in [0.3, 0.4) is 0 Å². The van der Waals surface area contributed by atoms with Gasteiger partial charge in [-0.15, -0.1) is 0 Å². The third kappa shape index (κ3) is 4.33. The second-order valence-corrected chi connectivity index (χ2v) is 6.28. The van der Waals surface area contributed by atoms with Crippen molar-refractivity contribution in [1.82, 2.24) is 5.32 Å². The second-order valence-electron chi connectivity index (χ2n) is 6.28. The number of hydrogen-bond donors (Lipinski definition) is 1. The van der Waals surface area contributed by atoms with E-state index >= 15 is 0 Å². The first-order valence-electron chi connectivity index (χ1n) is 8.01. The number of carbonyl (C=O) groups is 2. The van der Waals surface area contributed by atoms with Crippen LogP contribution in [-0.2, 0) is 4.79 Å². The minimum absolute atomic E-state index is 0.0487. The number of ether oxygens (including phenoxy) is 1. The molecule has 1 aromatic carbocycles. The molecule has 1 aliphatic carbocycles. The third-order valence-electron chi connectivity index (χ3n) is 4.33. The number of Topliss-reactive ketones (excluding diaryl/α,β-unsaturated/α-hetero) is 1. The van der Waals surface area contributed by atoms with Crippen molar-refractivity contribution >= 4 is 11.7 Å². The molecule has 0 spiro atoms. The summed E-state index contributed by atoms with van der Waals surface area (Å²) in [6.07, 6.45) is 4.62. The monoisotopic (exact) mass is 303 g/mol. The van der Waals surface area contributed by atoms with Crippen LogP contribution in [-0.4, -0.2) is 24.3 Å². The quantitative estimate of drug-likeness (QED) is 0.849. The third-order valence-corrected chi connectivity index (χ3v) is 4.33. The van der Waals surface area contributed by atoms with E-state index < -0.39 is 0 Å². The lowest BCUT2D eigenvalue weighted by atomic mass is 9.86. The van der Waals surface area contributed by atoms with Crippen LogP contribution in [0.5, 0.6) is 5.75 Å². The Labute approximate surface area is 132 Å². The van der Waals surface area contributed by atoms with Crippen LogP contribution >= 0.6 is 0 Å². The molecule has 0 bridgehead atoms. The first-order chi connectivity index (χ1) is 10.5. The standard InChI is InChI=1S/C18H25NO3/c1-12-8-9-15(14(3)20)17(10-12)22-11-18(21)19-16-7-5-4-6-13(16)2/h8-10,13,16H,4-7,11H2,1-3H3,(H,19,21)/t13-,16+/m1/s1. The smallest absolute Gasteiger partial charge is 0.258 e. The van der Waals surface area contributed by atoms with Crippen molar-refractivity contribution in [3.63, 3.8) is 0 Å². The van der Waals surface area contributed by atoms with Crippen molar-refractivity contribution in [3.05, 3.63) is 29.3 Å². The van der Waals surface area contributed by atoms with Crippen LogP contribution in [0, 0.1) is 12.8 Å². The van der Waals surface area contributed by atoms with Gasteiger partial charge in [-0.25, -0.2) is 0 Å². The van der Waals surface area contributed by atoms with Gasteiger partial charge in [0, 0.05) is 6.04 Å². The Kier molecular flexibility index (Phi) is 5.58. The molecule has 0 aromatic heterocycles. The van der Waals surface area contributed by atoms with E-state index in [-0.39, 0.29) is 24.3 Å². The molecular formula is C18H25NO3. The largest absolute Gasteiger partial charge is 0.483 e. The number of nitrogens with one attached hydrogen (secondary N) is 1. The fraction of sp³-hybridized carbons (Fsp3) is 0.556. The summed E-state index contributed by atoms with van der Waals surface area (Å²) >= 11 is 0. The van der Waals surface area contributed by atoms with E-state index in [2.05, 4.69) is 12.2 Å². The maximum absolute atomic E-state index is 12.1. The molecule has 1 amide bonds. The van der Waals surface area contributed by atoms with E-state index in [9.17, 15) is 9.59 Å². The molecular weight excluding hydrogens is 278 g/mol. The minimum atomic E-state index is -0.116. The number of hydrogen-bond acceptors (Lipinski definition) is 3. The molecule has 0 heterocycles. The van der Waals surface area contributed by atoms with Crippen molar-refractivity contribution in [3.8, 4) is 5.75 Å². The summed E-state index contributed by atoms with van der Waals surface area (Å²) in [5.74, 6) is 0.829. The highest BCUT2D eigenvalue weighted by molar-refractivity contribution is 5.97. The van der Waals surface area contributed by atoms with Crippen LogP contribution in [0.15, 0.2) is 18.2 Å². The van der Waals surface area contributed by atoms with Gasteiger partial charge >= 0.3 is 0 Å². The minimum Gasteiger partial charge on any atom is -0.483 e. The molecule has 1 N–H and O–H groups in total. The van der Waals surface area contributed by atoms with Gasteiger partial charge in [0.25, 0.3) is 5.91 Å². The average molecular weight is 303 g/mol. The van der Waals surface area contributed by atoms with Gasteiger partial charge in [0.2, 0.25) is 0 Å². The van der Waals surface area contributed by atoms with Crippen LogP contribution in [0.1, 0.15) is 55.5 Å². The van der Waals surface area contributed by atoms with E-state index in [1.165, 1.54) is 19.8 Å². The Hall–Kier alpha value is -1.84. The lowest BCUT2D eigenvalue weighted by Crippen LogP contribution is -2.43. The van der Waals surface area contributed by atoms with E-state index in [0.29, 0.717) is 17.2 Å². The van der Waals surface area contributed by atoms with Crippen molar-refractivity contribution < 1.29 is 14.3 Å². The molecule has 4 nitrogen and oxygen atoms in total. The molecule has 0 unspecified atom stereocenters. The lowest BCUT2D eigenvalue weighted by molar-refractivity contribution is -0.124. The van der Waals surface area contributed by atoms with E-state index in [4.69, 9.17) is 4.74 Å². The van der Waals surface area contributed by atoms with E-state index in [1.807, 2.05) is 13.0 Å². The zero-order chi connectivity index (χ0) is 16.1. The number of benzene rings is 1. The fourth-order valence-corrected chi connectivity index (χ4v) is 2.96. The molecule has 0 saturated heterocycles. The van der Waals surface area contributed by atoms with Gasteiger partial charge in [-0.1, -0.05) is 25.8 Å². The highest BCUT2D eigenvalue weighted by Gasteiger charge is 2.23. The van der Waals surface area contributed by atoms with Crippen molar-refractivity contribution in [1.29, 1.82) is 0 Å². The molecule has 1 fully saturated rings. The van der Waals surface area contributed by atoms with Gasteiger partial charge < -0.3 is 10.1 Å². The van der Waals surface area contributed by atoms with Gasteiger partial charge in [-0.3, -0.25) is 9.59 Å². The Morgan fingerprint density at radius 1 is 1.27 bits per heavy atom. The molecule has 0 radical (unpaired) electrons. The summed E-state index contributed by atoms with van der Waals surface area (Å²) in [7, 11) is 0. The van der Waals surface area contributed by atoms with Crippen LogP contribution < -0.4 is 10.1 Å². The molecule has 4 heteroatoms. The van der Waals surface area contributed by atoms with Gasteiger partial charge in [-0.05, 0) is 50.3 Å². The zero-order valence-electron chi connectivity index (χ0n) is 13.6. The highest BCUT2D eigenvalue weighted by atomic mass is 16.5. The number of amides is 1. The SMILES string of the molecule is CC(=O)c1ccc(C)cc1OCC(=O)N[C@H]1CCCC[C@H]1C. The van der Waals surface area contributed by atoms with Crippen LogP contribution in [0.25, 0.3) is 0 Å². The van der Waals surface area contributed by atoms with Crippen molar-refractivity contribution in [2.45, 2.75) is 52.5 Å². The molecule has 2 rings (SSSR count). The molecule has 120 valence electrons. The summed E-state index contributed by atoms with van der Waals surface area (Å²) in [5, 5.41) is 3.05. The first-order valence-corrected chi connectivity index (χ1v) is 8.01. The maximum Gasteiger partial charge on any atom is 0.258 e. The van der Waals surface area contributed by atoms with Gasteiger partial charge in [0.15, 0.2) is 12.4 Å². The normalized spacial score (nSPS) is 21.2. The zero-order valence-corrected chi connectivity index (χ0v) is 13.6. The van der Waals surface area contributed by atoms with E-state index in [0.717, 1.165) is 18.4 Å². The topological polar surface area (TPSA) is 55.4 Å². The summed E-state index contributed by atoms with van der Waals surface area (Å²) < 4.78 is 5.58. The molecule has 1 saturated carbocycles. The maximum atomic E-state index is 12.1. The predicted octanol–water partition coefficient (Wildman–Crippen LogP) is 3.27. The number of carbonyl (C=O) groups excluding carboxylic acids is 2. The molecule has 0 aliphatic heterocycles. The van der Waals surface area contributed by atoms with Gasteiger partial charge in [0.1, 0.15) is 5.75 Å². The van der Waals surface area contributed by atoms with Crippen LogP contribution in [0.4, 0.5) is 0 Å². The Morgan fingerprint density at radius 3 is 2.68 bits per heavy atom. The summed E-state index contributed by atoms with van der Waals surface area (Å²) in [6, 6.07) is 5.66. The summed E-state index contributed by atoms with van der Waals surface area (Å²) in [6.45, 7) is 5.56. The molecule has 22 heavy (non-hydrogen) atoms. The first kappa shape index (κ1) is 16.5. The highest BCUT2D eigenvalue weighted by Crippen LogP contribution is 2.24. The van der Waals surface area contributed by atoms with Gasteiger partial charge in [0.05, 0.1) is 5.56 Å². The van der Waals surface area contributed by atoms with Crippen LogP contribution in [0.2, 0.25) is 0 Å². The Morgan fingerprint density at radius 2 is 2.00 bits per heavy atom. The summed E-state index contributed by atoms with van der Waals surface area (Å²) in [5.41, 5.74) is 1.52. The number of aryl methyl sites for hydroxylation is 1. The molecule has 2 atom stereocenters. The van der Waals surface area contributed by atoms with E-state index in [1.54, 1.807) is 12.1 Å². The molecule has 1 aromatic rings. The number of ketones is 1. The van der Waals surface area contributed by atoms with Crippen molar-refractivity contribution in [2.24, 2.45) is 5.92 Å². The van der Waals surface area contributed by atoms with Crippen molar-refractivity contribution in [2.75, 3.05) is 6.61 Å². The predicted molar refractivity (Wildman–Crippen MR) is 86.2 cm³/mol. The Bertz CT molecular complexity index is 553. The molecule has 1 aliphatic rings. The lowest BCUT2D eigenvalue weighted by Gasteiger charge is -2.29. The van der Waals surface area contributed by atoms with Gasteiger partial charge in [-0.2, -0.15) is 0 Å². The average Bonchev–Trinajstić information content (AvgIpc) is 2.47. The fourth-order valence-electron chi connectivity index (χ4n) is 2.96. The number of rotatable bonds is 5. The summed E-state index contributed by atoms with van der Waals surface area (Å²) in [4.78, 5) is 23.7.